The second-order valence-electron chi connectivity index (χ2n) is 5.76. The first-order chi connectivity index (χ1) is 9.93. The first-order valence-corrected chi connectivity index (χ1v) is 7.96. The van der Waals surface area contributed by atoms with Gasteiger partial charge in [0, 0.05) is 23.5 Å². The SMILES string of the molecule is CN(Cc1csc([N+](=O)[O-])c1)C1(CC(=O)O)CCCCC1. The van der Waals surface area contributed by atoms with Crippen LogP contribution in [0.15, 0.2) is 11.4 Å². The number of hydrogen-bond donors (Lipinski definition) is 1. The van der Waals surface area contributed by atoms with E-state index >= 15 is 0 Å². The maximum Gasteiger partial charge on any atom is 0.324 e. The van der Waals surface area contributed by atoms with Gasteiger partial charge in [-0.2, -0.15) is 0 Å². The average Bonchev–Trinajstić information content (AvgIpc) is 2.87. The highest BCUT2D eigenvalue weighted by Crippen LogP contribution is 2.37. The number of carboxylic acid groups (broad SMARTS) is 1. The molecule has 6 nitrogen and oxygen atoms in total. The van der Waals surface area contributed by atoms with Gasteiger partial charge in [-0.15, -0.1) is 0 Å². The lowest BCUT2D eigenvalue weighted by atomic mass is 9.78. The molecule has 2 rings (SSSR count). The van der Waals surface area contributed by atoms with E-state index in [-0.39, 0.29) is 21.9 Å². The van der Waals surface area contributed by atoms with Crippen LogP contribution in [-0.2, 0) is 11.3 Å². The van der Waals surface area contributed by atoms with Crippen molar-refractivity contribution in [3.63, 3.8) is 0 Å². The fourth-order valence-electron chi connectivity index (χ4n) is 3.17. The van der Waals surface area contributed by atoms with E-state index in [1.54, 1.807) is 11.4 Å². The lowest BCUT2D eigenvalue weighted by Crippen LogP contribution is -2.48. The third kappa shape index (κ3) is 3.79. The van der Waals surface area contributed by atoms with Gasteiger partial charge < -0.3 is 5.11 Å². The van der Waals surface area contributed by atoms with Crippen molar-refractivity contribution >= 4 is 22.3 Å². The summed E-state index contributed by atoms with van der Waals surface area (Å²) in [6, 6.07) is 1.58. The molecule has 1 fully saturated rings. The van der Waals surface area contributed by atoms with Crippen LogP contribution in [0.1, 0.15) is 44.1 Å². The van der Waals surface area contributed by atoms with E-state index in [2.05, 4.69) is 4.90 Å². The van der Waals surface area contributed by atoms with E-state index in [1.165, 1.54) is 0 Å². The Morgan fingerprint density at radius 2 is 2.14 bits per heavy atom. The van der Waals surface area contributed by atoms with Crippen molar-refractivity contribution in [2.24, 2.45) is 0 Å². The molecule has 0 radical (unpaired) electrons. The summed E-state index contributed by atoms with van der Waals surface area (Å²) in [7, 11) is 1.93. The quantitative estimate of drug-likeness (QED) is 0.644. The number of carbonyl (C=O) groups is 1. The van der Waals surface area contributed by atoms with Crippen LogP contribution >= 0.6 is 11.3 Å². The molecule has 0 aromatic carbocycles. The largest absolute Gasteiger partial charge is 0.481 e. The molecule has 1 saturated carbocycles. The van der Waals surface area contributed by atoms with Crippen molar-refractivity contribution in [3.8, 4) is 0 Å². The Kier molecular flexibility index (Phi) is 4.95. The molecule has 0 unspecified atom stereocenters. The highest BCUT2D eigenvalue weighted by atomic mass is 32.1. The molecule has 0 amide bonds. The summed E-state index contributed by atoms with van der Waals surface area (Å²) in [5.41, 5.74) is 0.561. The van der Waals surface area contributed by atoms with Crippen LogP contribution in [0, 0.1) is 10.1 Å². The van der Waals surface area contributed by atoms with Crippen LogP contribution in [-0.4, -0.2) is 33.5 Å². The van der Waals surface area contributed by atoms with Gasteiger partial charge in [0.05, 0.1) is 11.3 Å². The minimum absolute atomic E-state index is 0.134. The van der Waals surface area contributed by atoms with Gasteiger partial charge in [-0.1, -0.05) is 30.6 Å². The summed E-state index contributed by atoms with van der Waals surface area (Å²) in [5, 5.41) is 21.9. The molecule has 1 N–H and O–H groups in total. The zero-order valence-electron chi connectivity index (χ0n) is 12.1. The van der Waals surface area contributed by atoms with E-state index in [0.717, 1.165) is 49.0 Å². The molecule has 1 aliphatic carbocycles. The Labute approximate surface area is 127 Å². The predicted octanol–water partition coefficient (Wildman–Crippen LogP) is 3.27. The Balaban J connectivity index is 2.11. The van der Waals surface area contributed by atoms with Crippen molar-refractivity contribution in [2.75, 3.05) is 7.05 Å². The normalized spacial score (nSPS) is 17.8. The molecule has 116 valence electrons. The van der Waals surface area contributed by atoms with E-state index in [9.17, 15) is 20.0 Å². The predicted molar refractivity (Wildman–Crippen MR) is 80.5 cm³/mol. The molecule has 1 aromatic rings. The number of thiophene rings is 1. The minimum Gasteiger partial charge on any atom is -0.481 e. The van der Waals surface area contributed by atoms with Gasteiger partial charge in [0.2, 0.25) is 0 Å². The van der Waals surface area contributed by atoms with Crippen LogP contribution in [0.2, 0.25) is 0 Å². The number of nitro groups is 1. The van der Waals surface area contributed by atoms with Crippen LogP contribution in [0.4, 0.5) is 5.00 Å². The van der Waals surface area contributed by atoms with Crippen molar-refractivity contribution in [1.29, 1.82) is 0 Å². The van der Waals surface area contributed by atoms with Crippen LogP contribution < -0.4 is 0 Å². The molecule has 0 saturated heterocycles. The summed E-state index contributed by atoms with van der Waals surface area (Å²) in [6.45, 7) is 0.553. The van der Waals surface area contributed by atoms with Crippen molar-refractivity contribution in [1.82, 2.24) is 4.90 Å². The number of aliphatic carboxylic acids is 1. The fraction of sp³-hybridized carbons (Fsp3) is 0.643. The van der Waals surface area contributed by atoms with Crippen molar-refractivity contribution in [2.45, 2.75) is 50.6 Å². The van der Waals surface area contributed by atoms with Crippen LogP contribution in [0.3, 0.4) is 0 Å². The Bertz CT molecular complexity index is 523. The fourth-order valence-corrected chi connectivity index (χ4v) is 3.89. The summed E-state index contributed by atoms with van der Waals surface area (Å²) in [6.07, 6.45) is 5.13. The van der Waals surface area contributed by atoms with Gasteiger partial charge in [-0.05, 0) is 25.5 Å². The number of rotatable bonds is 6. The third-order valence-electron chi connectivity index (χ3n) is 4.31. The lowest BCUT2D eigenvalue weighted by Gasteiger charge is -2.44. The van der Waals surface area contributed by atoms with Crippen molar-refractivity contribution < 1.29 is 14.8 Å². The van der Waals surface area contributed by atoms with Gasteiger partial charge >= 0.3 is 11.0 Å². The molecule has 0 atom stereocenters. The summed E-state index contributed by atoms with van der Waals surface area (Å²) >= 11 is 1.12. The minimum atomic E-state index is -0.778. The van der Waals surface area contributed by atoms with Crippen LogP contribution in [0.5, 0.6) is 0 Å². The molecular formula is C14H20N2O4S. The molecule has 1 aliphatic rings. The molecule has 0 bridgehead atoms. The second kappa shape index (κ2) is 6.53. The van der Waals surface area contributed by atoms with Gasteiger partial charge in [0.1, 0.15) is 0 Å². The smallest absolute Gasteiger partial charge is 0.324 e. The molecule has 21 heavy (non-hydrogen) atoms. The average molecular weight is 312 g/mol. The van der Waals surface area contributed by atoms with E-state index in [1.807, 2.05) is 7.05 Å². The monoisotopic (exact) mass is 312 g/mol. The molecule has 7 heteroatoms. The highest BCUT2D eigenvalue weighted by molar-refractivity contribution is 7.13. The summed E-state index contributed by atoms with van der Waals surface area (Å²) < 4.78 is 0. The molecular weight excluding hydrogens is 292 g/mol. The lowest BCUT2D eigenvalue weighted by molar-refractivity contribution is -0.380. The van der Waals surface area contributed by atoms with Crippen molar-refractivity contribution in [3.05, 3.63) is 27.1 Å². The second-order valence-corrected chi connectivity index (χ2v) is 6.65. The van der Waals surface area contributed by atoms with Gasteiger partial charge in [0.15, 0.2) is 0 Å². The molecule has 1 aromatic heterocycles. The summed E-state index contributed by atoms with van der Waals surface area (Å²) in [5.74, 6) is -0.778. The zero-order valence-corrected chi connectivity index (χ0v) is 12.9. The first kappa shape index (κ1) is 15.9. The maximum absolute atomic E-state index is 11.2. The highest BCUT2D eigenvalue weighted by Gasteiger charge is 2.38. The van der Waals surface area contributed by atoms with Crippen LogP contribution in [0.25, 0.3) is 0 Å². The maximum atomic E-state index is 11.2. The Hall–Kier alpha value is -1.47. The summed E-state index contributed by atoms with van der Waals surface area (Å²) in [4.78, 5) is 23.6. The first-order valence-electron chi connectivity index (χ1n) is 7.08. The third-order valence-corrected chi connectivity index (χ3v) is 5.24. The Morgan fingerprint density at radius 1 is 1.48 bits per heavy atom. The Morgan fingerprint density at radius 3 is 2.67 bits per heavy atom. The topological polar surface area (TPSA) is 83.7 Å². The number of hydrogen-bond acceptors (Lipinski definition) is 5. The zero-order chi connectivity index (χ0) is 15.5. The van der Waals surface area contributed by atoms with E-state index < -0.39 is 5.97 Å². The molecule has 1 heterocycles. The van der Waals surface area contributed by atoms with E-state index in [4.69, 9.17) is 0 Å². The number of carboxylic acids is 1. The number of nitrogens with zero attached hydrogens (tertiary/aromatic N) is 2. The standard InChI is InChI=1S/C14H20N2O4S/c1-15(9-11-7-12(16(19)20)21-10-11)14(8-13(17)18)5-3-2-4-6-14/h7,10H,2-6,8-9H2,1H3,(H,17,18). The van der Waals surface area contributed by atoms with Gasteiger partial charge in [0.25, 0.3) is 0 Å². The van der Waals surface area contributed by atoms with E-state index in [0.29, 0.717) is 6.54 Å². The molecule has 0 aliphatic heterocycles. The van der Waals surface area contributed by atoms with Gasteiger partial charge in [-0.25, -0.2) is 0 Å². The molecule has 0 spiro atoms. The van der Waals surface area contributed by atoms with Gasteiger partial charge in [-0.3, -0.25) is 19.8 Å².